The van der Waals surface area contributed by atoms with Crippen molar-refractivity contribution in [2.24, 2.45) is 11.7 Å². The van der Waals surface area contributed by atoms with Gasteiger partial charge in [-0.2, -0.15) is 0 Å². The lowest BCUT2D eigenvalue weighted by Crippen LogP contribution is -2.47. The summed E-state index contributed by atoms with van der Waals surface area (Å²) in [5, 5.41) is 24.6. The number of nitrogens with zero attached hydrogens (tertiary/aromatic N) is 3. The molecule has 2 amide bonds. The first-order chi connectivity index (χ1) is 23.0. The Morgan fingerprint density at radius 3 is 2.27 bits per heavy atom. The zero-order chi connectivity index (χ0) is 34.3. The van der Waals surface area contributed by atoms with E-state index in [-0.39, 0.29) is 40.9 Å². The van der Waals surface area contributed by atoms with Crippen LogP contribution in [0.4, 0.5) is 10.6 Å². The second-order valence-electron chi connectivity index (χ2n) is 12.2. The van der Waals surface area contributed by atoms with E-state index in [9.17, 15) is 24.6 Å². The molecule has 14 heteroatoms. The highest BCUT2D eigenvalue weighted by atomic mass is 16.6. The predicted molar refractivity (Wildman–Crippen MR) is 174 cm³/mol. The maximum Gasteiger partial charge on any atom is 0.407 e. The number of ether oxygens (including phenoxy) is 3. The number of fused-ring (bicyclic) bond motifs is 4. The largest absolute Gasteiger partial charge is 0.461 e. The van der Waals surface area contributed by atoms with Crippen LogP contribution in [0.5, 0.6) is 0 Å². The van der Waals surface area contributed by atoms with Gasteiger partial charge in [-0.25, -0.2) is 19.6 Å². The van der Waals surface area contributed by atoms with Crippen molar-refractivity contribution in [1.82, 2.24) is 19.9 Å². The minimum atomic E-state index is -1.49. The molecule has 4 aromatic rings. The van der Waals surface area contributed by atoms with Crippen LogP contribution in [0.25, 0.3) is 22.2 Å². The number of aromatic nitrogens is 3. The number of anilines is 1. The summed E-state index contributed by atoms with van der Waals surface area (Å²) in [4.78, 5) is 46.9. The first-order valence-electron chi connectivity index (χ1n) is 15.7. The Hall–Kier alpha value is -5.05. The first-order valence-corrected chi connectivity index (χ1v) is 15.7. The maximum atomic E-state index is 13.3. The standard InChI is InChI=1S/C34H38N6O8/c1-4-16(2)26(39-34(45)47-14-23-20-11-7-5-9-18(20)19-10-6-8-12-21(19)23)33(44)46-15-24-27(41)28(42)32(48-24)40-13-22(30(36)43)25-29(35)37-17(3)38-31(25)40/h5-13,16,23-24,26-28,32,41-42H,4,14-15H2,1-3H3,(H2,36,43)(H,39,45)(H2,35,37,38)/t16?,24-,26+,27-,28-,32-/m1/s1. The Bertz CT molecular complexity index is 1830. The number of aliphatic hydroxyl groups is 2. The third-order valence-electron chi connectivity index (χ3n) is 9.16. The zero-order valence-corrected chi connectivity index (χ0v) is 26.7. The van der Waals surface area contributed by atoms with Gasteiger partial charge in [-0.3, -0.25) is 4.79 Å². The number of aryl methyl sites for hydroxylation is 1. The SMILES string of the molecule is CCC(C)[C@H](NC(=O)OCC1c2ccccc2-c2ccccc21)C(=O)OC[C@H]1O[C@@H](n2cc(C(N)=O)c3c(N)nc(C)nc32)[C@H](O)[C@@H]1O. The van der Waals surface area contributed by atoms with Crippen molar-refractivity contribution in [3.8, 4) is 11.1 Å². The molecule has 0 radical (unpaired) electrons. The number of nitrogens with one attached hydrogen (secondary N) is 1. The number of esters is 1. The number of benzene rings is 2. The summed E-state index contributed by atoms with van der Waals surface area (Å²) in [6.07, 6.45) is -4.26. The molecule has 6 rings (SSSR count). The number of primary amides is 1. The third-order valence-corrected chi connectivity index (χ3v) is 9.16. The van der Waals surface area contributed by atoms with Gasteiger partial charge in [-0.05, 0) is 35.1 Å². The van der Waals surface area contributed by atoms with Crippen molar-refractivity contribution < 1.29 is 38.8 Å². The molecule has 1 unspecified atom stereocenters. The summed E-state index contributed by atoms with van der Waals surface area (Å²) in [5.74, 6) is -1.71. The second-order valence-corrected chi connectivity index (χ2v) is 12.2. The molecule has 0 saturated carbocycles. The first kappa shape index (κ1) is 32.9. The Balaban J connectivity index is 1.11. The molecular weight excluding hydrogens is 620 g/mol. The molecular formula is C34H38N6O8. The molecule has 48 heavy (non-hydrogen) atoms. The fourth-order valence-electron chi connectivity index (χ4n) is 6.46. The van der Waals surface area contributed by atoms with Crippen molar-refractivity contribution >= 4 is 34.8 Å². The minimum Gasteiger partial charge on any atom is -0.461 e. The van der Waals surface area contributed by atoms with Gasteiger partial charge in [-0.1, -0.05) is 68.8 Å². The van der Waals surface area contributed by atoms with Crippen molar-refractivity contribution in [2.45, 2.75) is 63.7 Å². The van der Waals surface area contributed by atoms with Gasteiger partial charge in [0.05, 0.1) is 10.9 Å². The summed E-state index contributed by atoms with van der Waals surface area (Å²) >= 11 is 0. The molecule has 3 heterocycles. The van der Waals surface area contributed by atoms with E-state index < -0.39 is 55.2 Å². The quantitative estimate of drug-likeness (QED) is 0.156. The van der Waals surface area contributed by atoms with Crippen molar-refractivity contribution in [2.75, 3.05) is 18.9 Å². The van der Waals surface area contributed by atoms with Crippen LogP contribution in [0.3, 0.4) is 0 Å². The van der Waals surface area contributed by atoms with E-state index in [4.69, 9.17) is 25.7 Å². The molecule has 252 valence electrons. The zero-order valence-electron chi connectivity index (χ0n) is 26.7. The van der Waals surface area contributed by atoms with Crippen LogP contribution in [0.15, 0.2) is 54.7 Å². The topological polar surface area (TPSA) is 214 Å². The van der Waals surface area contributed by atoms with Crippen LogP contribution in [-0.2, 0) is 19.0 Å². The van der Waals surface area contributed by atoms with Crippen LogP contribution >= 0.6 is 0 Å². The van der Waals surface area contributed by atoms with Gasteiger partial charge in [0.1, 0.15) is 54.9 Å². The molecule has 2 aromatic carbocycles. The molecule has 0 spiro atoms. The number of rotatable bonds is 10. The maximum absolute atomic E-state index is 13.3. The molecule has 14 nitrogen and oxygen atoms in total. The Morgan fingerprint density at radius 2 is 1.65 bits per heavy atom. The van der Waals surface area contributed by atoms with E-state index in [0.29, 0.717) is 12.2 Å². The summed E-state index contributed by atoms with van der Waals surface area (Å²) in [6, 6.07) is 14.9. The van der Waals surface area contributed by atoms with E-state index in [1.165, 1.54) is 10.8 Å². The van der Waals surface area contributed by atoms with Gasteiger partial charge in [0.25, 0.3) is 5.91 Å². The fourth-order valence-corrected chi connectivity index (χ4v) is 6.46. The third kappa shape index (κ3) is 5.93. The van der Waals surface area contributed by atoms with E-state index in [0.717, 1.165) is 22.3 Å². The van der Waals surface area contributed by atoms with E-state index in [1.54, 1.807) is 13.8 Å². The molecule has 2 aliphatic rings. The van der Waals surface area contributed by atoms with Crippen LogP contribution in [0, 0.1) is 12.8 Å². The van der Waals surface area contributed by atoms with Crippen LogP contribution in [-0.4, -0.2) is 80.3 Å². The van der Waals surface area contributed by atoms with Crippen LogP contribution in [0.1, 0.15) is 59.7 Å². The number of hydrogen-bond donors (Lipinski definition) is 5. The van der Waals surface area contributed by atoms with E-state index >= 15 is 0 Å². The molecule has 2 aromatic heterocycles. The van der Waals surface area contributed by atoms with Crippen LogP contribution in [0.2, 0.25) is 0 Å². The Morgan fingerprint density at radius 1 is 1.00 bits per heavy atom. The van der Waals surface area contributed by atoms with Crippen LogP contribution < -0.4 is 16.8 Å². The molecule has 7 N–H and O–H groups in total. The molecule has 1 aliphatic heterocycles. The number of carbonyl (C=O) groups is 3. The predicted octanol–water partition coefficient (Wildman–Crippen LogP) is 2.54. The average molecular weight is 659 g/mol. The summed E-state index contributed by atoms with van der Waals surface area (Å²) in [6.45, 7) is 4.90. The van der Waals surface area contributed by atoms with Crippen molar-refractivity contribution in [3.05, 3.63) is 77.2 Å². The van der Waals surface area contributed by atoms with Gasteiger partial charge < -0.3 is 45.8 Å². The van der Waals surface area contributed by atoms with Crippen molar-refractivity contribution in [3.63, 3.8) is 0 Å². The van der Waals surface area contributed by atoms with Crippen molar-refractivity contribution in [1.29, 1.82) is 0 Å². The number of hydrogen-bond acceptors (Lipinski definition) is 11. The number of nitrogen functional groups attached to an aromatic ring is 1. The van der Waals surface area contributed by atoms with Gasteiger partial charge in [0.2, 0.25) is 0 Å². The lowest BCUT2D eigenvalue weighted by atomic mass is 9.98. The second kappa shape index (κ2) is 13.2. The van der Waals surface area contributed by atoms with Gasteiger partial charge in [-0.15, -0.1) is 0 Å². The Kier molecular flexibility index (Phi) is 9.05. The normalized spacial score (nSPS) is 21.4. The highest BCUT2D eigenvalue weighted by Gasteiger charge is 2.45. The number of aliphatic hydroxyl groups excluding tert-OH is 2. The lowest BCUT2D eigenvalue weighted by Gasteiger charge is -2.24. The lowest BCUT2D eigenvalue weighted by molar-refractivity contribution is -0.153. The average Bonchev–Trinajstić information content (AvgIpc) is 3.70. The smallest absolute Gasteiger partial charge is 0.407 e. The molecule has 0 bridgehead atoms. The summed E-state index contributed by atoms with van der Waals surface area (Å²) in [5.41, 5.74) is 16.1. The molecule has 1 aliphatic carbocycles. The number of carbonyl (C=O) groups excluding carboxylic acids is 3. The highest BCUT2D eigenvalue weighted by Crippen LogP contribution is 2.44. The Labute approximate surface area is 276 Å². The van der Waals surface area contributed by atoms with Gasteiger partial charge in [0.15, 0.2) is 6.23 Å². The van der Waals surface area contributed by atoms with E-state index in [2.05, 4.69) is 15.3 Å². The number of nitrogens with two attached hydrogens (primary N) is 2. The fraction of sp³-hybridized carbons (Fsp3) is 0.382. The monoisotopic (exact) mass is 658 g/mol. The molecule has 1 saturated heterocycles. The highest BCUT2D eigenvalue weighted by molar-refractivity contribution is 6.09. The summed E-state index contributed by atoms with van der Waals surface area (Å²) in [7, 11) is 0. The number of amides is 2. The summed E-state index contributed by atoms with van der Waals surface area (Å²) < 4.78 is 18.4. The van der Waals surface area contributed by atoms with Gasteiger partial charge in [0, 0.05) is 12.1 Å². The molecule has 6 atom stereocenters. The molecule has 1 fully saturated rings. The number of alkyl carbamates (subject to hydrolysis) is 1. The van der Waals surface area contributed by atoms with Gasteiger partial charge >= 0.3 is 12.1 Å². The minimum absolute atomic E-state index is 0.0124. The van der Waals surface area contributed by atoms with E-state index in [1.807, 2.05) is 55.5 Å².